The van der Waals surface area contributed by atoms with Crippen LogP contribution in [0.15, 0.2) is 43.0 Å². The number of aromatic nitrogens is 3. The number of aliphatic hydroxyl groups is 1. The van der Waals surface area contributed by atoms with Crippen LogP contribution in [0.3, 0.4) is 0 Å². The van der Waals surface area contributed by atoms with Gasteiger partial charge in [-0.1, -0.05) is 18.2 Å². The van der Waals surface area contributed by atoms with E-state index in [2.05, 4.69) is 30.9 Å². The second kappa shape index (κ2) is 13.9. The van der Waals surface area contributed by atoms with E-state index >= 15 is 0 Å². The topological polar surface area (TPSA) is 258 Å². The average molecular weight is 557 g/mol. The molecule has 4 unspecified atom stereocenters. The van der Waals surface area contributed by atoms with Gasteiger partial charge in [-0.2, -0.15) is 0 Å². The molecule has 2 aromatic heterocycles. The Kier molecular flexibility index (Phi) is 10.3. The summed E-state index contributed by atoms with van der Waals surface area (Å²) in [5, 5.41) is 26.5. The Morgan fingerprint density at radius 3 is 2.25 bits per heavy atom. The molecule has 3 aromatic rings. The van der Waals surface area contributed by atoms with Crippen molar-refractivity contribution < 1.29 is 34.2 Å². The molecule has 0 spiro atoms. The van der Waals surface area contributed by atoms with Crippen LogP contribution in [0.4, 0.5) is 0 Å². The van der Waals surface area contributed by atoms with Crippen LogP contribution in [0, 0.1) is 0 Å². The number of imidazole rings is 1. The van der Waals surface area contributed by atoms with E-state index in [4.69, 9.17) is 11.5 Å². The Hall–Kier alpha value is -4.76. The number of aromatic amines is 2. The minimum Gasteiger partial charge on any atom is -0.480 e. The molecular formula is C25H32N8O7. The van der Waals surface area contributed by atoms with Gasteiger partial charge in [0.1, 0.15) is 18.1 Å². The van der Waals surface area contributed by atoms with Gasteiger partial charge in [-0.15, -0.1) is 0 Å². The van der Waals surface area contributed by atoms with Gasteiger partial charge in [0.15, 0.2) is 0 Å². The molecule has 3 rings (SSSR count). The van der Waals surface area contributed by atoms with Gasteiger partial charge in [-0.25, -0.2) is 9.78 Å². The Morgan fingerprint density at radius 2 is 1.60 bits per heavy atom. The van der Waals surface area contributed by atoms with Crippen LogP contribution in [-0.2, 0) is 36.8 Å². The second-order valence-corrected chi connectivity index (χ2v) is 9.16. The quantitative estimate of drug-likeness (QED) is 0.0982. The number of para-hydroxylation sites is 1. The number of carbonyl (C=O) groups excluding carboxylic acids is 4. The first-order valence-electron chi connectivity index (χ1n) is 12.4. The number of benzene rings is 1. The van der Waals surface area contributed by atoms with E-state index in [-0.39, 0.29) is 25.7 Å². The SMILES string of the molecule is NC(=O)CCC(NC(=O)C(N)Cc1c[nH]c2ccccc12)C(=O)NC(Cc1cnc[nH]1)C(=O)NC(CO)C(=O)O. The van der Waals surface area contributed by atoms with Crippen LogP contribution in [0.5, 0.6) is 0 Å². The third-order valence-corrected chi connectivity index (χ3v) is 6.17. The van der Waals surface area contributed by atoms with E-state index < -0.39 is 60.4 Å². The molecule has 11 N–H and O–H groups in total. The highest BCUT2D eigenvalue weighted by atomic mass is 16.4. The van der Waals surface area contributed by atoms with Crippen molar-refractivity contribution in [2.75, 3.05) is 6.61 Å². The second-order valence-electron chi connectivity index (χ2n) is 9.16. The summed E-state index contributed by atoms with van der Waals surface area (Å²) in [5.41, 5.74) is 13.5. The summed E-state index contributed by atoms with van der Waals surface area (Å²) in [5.74, 6) is -4.59. The highest BCUT2D eigenvalue weighted by Gasteiger charge is 2.31. The molecule has 15 nitrogen and oxygen atoms in total. The predicted molar refractivity (Wildman–Crippen MR) is 141 cm³/mol. The number of primary amides is 1. The van der Waals surface area contributed by atoms with Crippen LogP contribution >= 0.6 is 0 Å². The van der Waals surface area contributed by atoms with Crippen LogP contribution in [0.1, 0.15) is 24.1 Å². The minimum atomic E-state index is -1.61. The molecule has 0 aliphatic rings. The molecule has 0 saturated carbocycles. The van der Waals surface area contributed by atoms with E-state index in [1.165, 1.54) is 12.5 Å². The number of H-pyrrole nitrogens is 2. The minimum absolute atomic E-state index is 0.119. The van der Waals surface area contributed by atoms with E-state index in [9.17, 15) is 34.2 Å². The summed E-state index contributed by atoms with van der Waals surface area (Å²) in [6.45, 7) is -0.878. The van der Waals surface area contributed by atoms with Gasteiger partial charge in [0.2, 0.25) is 23.6 Å². The van der Waals surface area contributed by atoms with E-state index in [0.29, 0.717) is 5.69 Å². The molecule has 4 atom stereocenters. The summed E-state index contributed by atoms with van der Waals surface area (Å²) < 4.78 is 0. The van der Waals surface area contributed by atoms with Crippen LogP contribution in [0.2, 0.25) is 0 Å². The molecule has 4 amide bonds. The largest absolute Gasteiger partial charge is 0.480 e. The van der Waals surface area contributed by atoms with Crippen molar-refractivity contribution in [3.8, 4) is 0 Å². The third-order valence-electron chi connectivity index (χ3n) is 6.17. The fourth-order valence-corrected chi connectivity index (χ4v) is 4.02. The first kappa shape index (κ1) is 29.8. The Bertz CT molecular complexity index is 1340. The number of rotatable bonds is 15. The van der Waals surface area contributed by atoms with Gasteiger partial charge in [-0.05, 0) is 24.5 Å². The highest BCUT2D eigenvalue weighted by Crippen LogP contribution is 2.19. The molecule has 0 saturated heterocycles. The van der Waals surface area contributed by atoms with Gasteiger partial charge >= 0.3 is 5.97 Å². The number of carbonyl (C=O) groups is 5. The number of nitrogens with zero attached hydrogens (tertiary/aromatic N) is 1. The van der Waals surface area contributed by atoms with Crippen LogP contribution in [-0.4, -0.2) is 85.5 Å². The number of nitrogens with one attached hydrogen (secondary N) is 5. The summed E-state index contributed by atoms with van der Waals surface area (Å²) in [6.07, 6.45) is 4.10. The van der Waals surface area contributed by atoms with Crippen molar-refractivity contribution in [3.05, 3.63) is 54.2 Å². The number of carboxylic acids is 1. The van der Waals surface area contributed by atoms with Crippen molar-refractivity contribution in [2.45, 2.75) is 49.9 Å². The van der Waals surface area contributed by atoms with Gasteiger partial charge in [0.05, 0.1) is 19.0 Å². The Balaban J connectivity index is 1.74. The molecule has 40 heavy (non-hydrogen) atoms. The van der Waals surface area contributed by atoms with E-state index in [0.717, 1.165) is 16.5 Å². The maximum Gasteiger partial charge on any atom is 0.328 e. The summed E-state index contributed by atoms with van der Waals surface area (Å²) in [4.78, 5) is 71.5. The number of hydrogen-bond acceptors (Lipinski definition) is 8. The number of nitrogens with two attached hydrogens (primary N) is 2. The number of carboxylic acid groups (broad SMARTS) is 1. The van der Waals surface area contributed by atoms with Gasteiger partial charge in [0.25, 0.3) is 0 Å². The molecule has 1 aromatic carbocycles. The Labute approximate surface area is 228 Å². The molecule has 0 radical (unpaired) electrons. The zero-order valence-corrected chi connectivity index (χ0v) is 21.4. The average Bonchev–Trinajstić information content (AvgIpc) is 3.58. The molecule has 0 bridgehead atoms. The fraction of sp³-hybridized carbons (Fsp3) is 0.360. The molecule has 2 heterocycles. The monoisotopic (exact) mass is 556 g/mol. The number of amides is 4. The normalized spacial score (nSPS) is 14.1. The smallest absolute Gasteiger partial charge is 0.328 e. The fourth-order valence-electron chi connectivity index (χ4n) is 4.02. The molecule has 0 aliphatic carbocycles. The van der Waals surface area contributed by atoms with Crippen molar-refractivity contribution in [2.24, 2.45) is 11.5 Å². The third kappa shape index (κ3) is 8.12. The van der Waals surface area contributed by atoms with Crippen LogP contribution < -0.4 is 27.4 Å². The lowest BCUT2D eigenvalue weighted by atomic mass is 10.0. The predicted octanol–water partition coefficient (Wildman–Crippen LogP) is -2.20. The van der Waals surface area contributed by atoms with Crippen molar-refractivity contribution in [1.29, 1.82) is 0 Å². The molecular weight excluding hydrogens is 524 g/mol. The van der Waals surface area contributed by atoms with E-state index in [1.54, 1.807) is 6.20 Å². The highest BCUT2D eigenvalue weighted by molar-refractivity contribution is 5.94. The van der Waals surface area contributed by atoms with Crippen LogP contribution in [0.25, 0.3) is 10.9 Å². The summed E-state index contributed by atoms with van der Waals surface area (Å²) in [7, 11) is 0. The zero-order valence-electron chi connectivity index (χ0n) is 21.4. The summed E-state index contributed by atoms with van der Waals surface area (Å²) in [6, 6.07) is 2.20. The maximum absolute atomic E-state index is 13.2. The molecule has 0 fully saturated rings. The lowest BCUT2D eigenvalue weighted by molar-refractivity contribution is -0.143. The van der Waals surface area contributed by atoms with Crippen molar-refractivity contribution in [1.82, 2.24) is 30.9 Å². The number of aliphatic hydroxyl groups excluding tert-OH is 1. The van der Waals surface area contributed by atoms with Crippen molar-refractivity contribution in [3.63, 3.8) is 0 Å². The standard InChI is InChI=1S/C25H32N8O7/c26-16(7-13-9-29-17-4-2-1-3-15(13)17)22(36)31-18(5-6-21(27)35)23(37)32-19(8-14-10-28-12-30-14)24(38)33-20(11-34)25(39)40/h1-4,9-10,12,16,18-20,29,34H,5-8,11,26H2,(H2,27,35)(H,28,30)(H,31,36)(H,32,37)(H,33,38)(H,39,40). The van der Waals surface area contributed by atoms with Gasteiger partial charge < -0.3 is 47.6 Å². The first-order chi connectivity index (χ1) is 19.1. The lowest BCUT2D eigenvalue weighted by Gasteiger charge is -2.24. The Morgan fingerprint density at radius 1 is 0.925 bits per heavy atom. The molecule has 214 valence electrons. The number of aliphatic carboxylic acids is 1. The first-order valence-corrected chi connectivity index (χ1v) is 12.4. The number of hydrogen-bond donors (Lipinski definition) is 9. The summed E-state index contributed by atoms with van der Waals surface area (Å²) >= 11 is 0. The maximum atomic E-state index is 13.2. The van der Waals surface area contributed by atoms with Gasteiger partial charge in [-0.3, -0.25) is 19.2 Å². The molecule has 15 heteroatoms. The van der Waals surface area contributed by atoms with E-state index in [1.807, 2.05) is 24.3 Å². The van der Waals surface area contributed by atoms with Gasteiger partial charge in [0, 0.05) is 41.8 Å². The lowest BCUT2D eigenvalue weighted by Crippen LogP contribution is -2.58. The van der Waals surface area contributed by atoms with Crippen molar-refractivity contribution >= 4 is 40.5 Å². The number of fused-ring (bicyclic) bond motifs is 1. The zero-order chi connectivity index (χ0) is 29.2. The molecule has 0 aliphatic heterocycles.